The summed E-state index contributed by atoms with van der Waals surface area (Å²) in [7, 11) is 1.63. The third-order valence-corrected chi connectivity index (χ3v) is 4.23. The first-order valence-corrected chi connectivity index (χ1v) is 8.68. The number of aliphatic hydroxyl groups excluding tert-OH is 1. The van der Waals surface area contributed by atoms with Gasteiger partial charge in [-0.2, -0.15) is 0 Å². The van der Waals surface area contributed by atoms with Crippen LogP contribution >= 0.6 is 24.8 Å². The van der Waals surface area contributed by atoms with E-state index in [-0.39, 0.29) is 24.8 Å². The smallest absolute Gasteiger partial charge is 0.123 e. The molecule has 1 unspecified atom stereocenters. The molecule has 0 spiro atoms. The SMILES string of the molecule is CCN1CCN(CC(O)COCCOc2cccc(OC)c2)CC1.Cl.Cl. The number of nitrogens with zero attached hydrogens (tertiary/aromatic N) is 2. The Kier molecular flexibility index (Phi) is 13.9. The summed E-state index contributed by atoms with van der Waals surface area (Å²) in [6.45, 7) is 9.42. The highest BCUT2D eigenvalue weighted by Gasteiger charge is 2.18. The number of piperazine rings is 1. The Hall–Kier alpha value is -0.760. The molecular formula is C18H32Cl2N2O4. The summed E-state index contributed by atoms with van der Waals surface area (Å²) in [5.74, 6) is 1.53. The van der Waals surface area contributed by atoms with Crippen molar-refractivity contribution in [1.29, 1.82) is 0 Å². The number of β-amino-alcohol motifs (C(OH)–C–C–N with tert-alkyl or cyclic N) is 1. The standard InChI is InChI=1S/C18H30N2O4.2ClH/c1-3-19-7-9-20(10-8-19)14-16(21)15-23-11-12-24-18-6-4-5-17(13-18)22-2;;/h4-6,13,16,21H,3,7-12,14-15H2,1-2H3;2*1H. The maximum absolute atomic E-state index is 10.1. The largest absolute Gasteiger partial charge is 0.497 e. The molecule has 1 aliphatic rings. The van der Waals surface area contributed by atoms with Crippen LogP contribution in [0.2, 0.25) is 0 Å². The zero-order valence-corrected chi connectivity index (χ0v) is 17.3. The molecule has 8 heteroatoms. The average Bonchev–Trinajstić information content (AvgIpc) is 2.62. The second kappa shape index (κ2) is 14.3. The second-order valence-electron chi connectivity index (χ2n) is 5.99. The van der Waals surface area contributed by atoms with E-state index < -0.39 is 6.10 Å². The number of aliphatic hydroxyl groups is 1. The van der Waals surface area contributed by atoms with E-state index in [1.807, 2.05) is 24.3 Å². The summed E-state index contributed by atoms with van der Waals surface area (Å²) in [4.78, 5) is 4.72. The van der Waals surface area contributed by atoms with Gasteiger partial charge in [-0.15, -0.1) is 24.8 Å². The lowest BCUT2D eigenvalue weighted by atomic mass is 10.2. The van der Waals surface area contributed by atoms with E-state index in [2.05, 4.69) is 16.7 Å². The Balaban J connectivity index is 0.00000312. The molecule has 0 bridgehead atoms. The number of likely N-dealkylation sites (N-methyl/N-ethyl adjacent to an activating group) is 1. The number of hydrogen-bond acceptors (Lipinski definition) is 6. The normalized spacial score (nSPS) is 16.3. The van der Waals surface area contributed by atoms with Gasteiger partial charge in [-0.1, -0.05) is 13.0 Å². The van der Waals surface area contributed by atoms with E-state index in [0.717, 1.165) is 44.2 Å². The zero-order valence-electron chi connectivity index (χ0n) is 15.6. The van der Waals surface area contributed by atoms with Gasteiger partial charge in [0, 0.05) is 38.8 Å². The van der Waals surface area contributed by atoms with Crippen molar-refractivity contribution in [3.05, 3.63) is 24.3 Å². The van der Waals surface area contributed by atoms with E-state index in [0.29, 0.717) is 26.4 Å². The highest BCUT2D eigenvalue weighted by molar-refractivity contribution is 5.85. The molecule has 152 valence electrons. The number of hydrogen-bond donors (Lipinski definition) is 1. The molecule has 1 aliphatic heterocycles. The Morgan fingerprint density at radius 2 is 1.69 bits per heavy atom. The van der Waals surface area contributed by atoms with Gasteiger partial charge < -0.3 is 24.2 Å². The molecule has 1 saturated heterocycles. The molecule has 0 aliphatic carbocycles. The minimum absolute atomic E-state index is 0. The van der Waals surface area contributed by atoms with Gasteiger partial charge in [0.05, 0.1) is 26.4 Å². The second-order valence-corrected chi connectivity index (χ2v) is 5.99. The Morgan fingerprint density at radius 3 is 2.35 bits per heavy atom. The minimum Gasteiger partial charge on any atom is -0.497 e. The average molecular weight is 411 g/mol. The number of rotatable bonds is 10. The Labute approximate surface area is 169 Å². The number of benzene rings is 1. The van der Waals surface area contributed by atoms with Crippen LogP contribution in [-0.2, 0) is 4.74 Å². The van der Waals surface area contributed by atoms with Gasteiger partial charge in [0.2, 0.25) is 0 Å². The first kappa shape index (κ1) is 25.2. The van der Waals surface area contributed by atoms with Crippen LogP contribution in [0.25, 0.3) is 0 Å². The topological polar surface area (TPSA) is 54.4 Å². The van der Waals surface area contributed by atoms with Crippen molar-refractivity contribution in [2.45, 2.75) is 13.0 Å². The van der Waals surface area contributed by atoms with Gasteiger partial charge in [0.1, 0.15) is 18.1 Å². The minimum atomic E-state index is -0.449. The van der Waals surface area contributed by atoms with Crippen molar-refractivity contribution in [2.24, 2.45) is 0 Å². The van der Waals surface area contributed by atoms with Crippen LogP contribution in [0, 0.1) is 0 Å². The molecule has 1 fully saturated rings. The van der Waals surface area contributed by atoms with Crippen LogP contribution in [-0.4, -0.2) is 87.2 Å². The van der Waals surface area contributed by atoms with E-state index in [4.69, 9.17) is 14.2 Å². The van der Waals surface area contributed by atoms with Crippen molar-refractivity contribution < 1.29 is 19.3 Å². The fourth-order valence-electron chi connectivity index (χ4n) is 2.77. The van der Waals surface area contributed by atoms with E-state index in [1.54, 1.807) is 7.11 Å². The van der Waals surface area contributed by atoms with E-state index in [9.17, 15) is 5.11 Å². The molecule has 1 atom stereocenters. The Morgan fingerprint density at radius 1 is 1.04 bits per heavy atom. The molecule has 1 aromatic carbocycles. The first-order chi connectivity index (χ1) is 11.7. The first-order valence-electron chi connectivity index (χ1n) is 8.68. The lowest BCUT2D eigenvalue weighted by Crippen LogP contribution is -2.48. The third kappa shape index (κ3) is 9.26. The highest BCUT2D eigenvalue weighted by atomic mass is 35.5. The molecule has 0 saturated carbocycles. The highest BCUT2D eigenvalue weighted by Crippen LogP contribution is 2.18. The van der Waals surface area contributed by atoms with Crippen molar-refractivity contribution in [3.8, 4) is 11.5 Å². The summed E-state index contributed by atoms with van der Waals surface area (Å²) >= 11 is 0. The van der Waals surface area contributed by atoms with Crippen molar-refractivity contribution in [3.63, 3.8) is 0 Å². The van der Waals surface area contributed by atoms with Gasteiger partial charge in [-0.3, -0.25) is 4.90 Å². The van der Waals surface area contributed by atoms with Crippen LogP contribution < -0.4 is 9.47 Å². The van der Waals surface area contributed by atoms with Crippen molar-refractivity contribution in [2.75, 3.05) is 66.2 Å². The van der Waals surface area contributed by atoms with Crippen LogP contribution in [0.1, 0.15) is 6.92 Å². The van der Waals surface area contributed by atoms with E-state index in [1.165, 1.54) is 0 Å². The van der Waals surface area contributed by atoms with Crippen LogP contribution in [0.5, 0.6) is 11.5 Å². The molecule has 1 aromatic rings. The van der Waals surface area contributed by atoms with Crippen LogP contribution in [0.15, 0.2) is 24.3 Å². The van der Waals surface area contributed by atoms with Gasteiger partial charge >= 0.3 is 0 Å². The lowest BCUT2D eigenvalue weighted by molar-refractivity contribution is 0.000381. The molecule has 26 heavy (non-hydrogen) atoms. The van der Waals surface area contributed by atoms with E-state index >= 15 is 0 Å². The molecule has 0 radical (unpaired) electrons. The molecule has 2 rings (SSSR count). The maximum Gasteiger partial charge on any atom is 0.123 e. The number of ether oxygens (including phenoxy) is 3. The summed E-state index contributed by atoms with van der Waals surface area (Å²) in [6.07, 6.45) is -0.449. The summed E-state index contributed by atoms with van der Waals surface area (Å²) < 4.78 is 16.3. The molecule has 6 nitrogen and oxygen atoms in total. The predicted molar refractivity (Wildman–Crippen MR) is 108 cm³/mol. The van der Waals surface area contributed by atoms with Crippen molar-refractivity contribution >= 4 is 24.8 Å². The fourth-order valence-corrected chi connectivity index (χ4v) is 2.77. The van der Waals surface area contributed by atoms with Gasteiger partial charge in [-0.25, -0.2) is 0 Å². The van der Waals surface area contributed by atoms with Crippen LogP contribution in [0.4, 0.5) is 0 Å². The third-order valence-electron chi connectivity index (χ3n) is 4.23. The summed E-state index contributed by atoms with van der Waals surface area (Å²) in [5, 5.41) is 10.1. The molecule has 0 aromatic heterocycles. The number of methoxy groups -OCH3 is 1. The monoisotopic (exact) mass is 410 g/mol. The Bertz CT molecular complexity index is 474. The summed E-state index contributed by atoms with van der Waals surface area (Å²) in [6, 6.07) is 7.48. The van der Waals surface area contributed by atoms with Crippen molar-refractivity contribution in [1.82, 2.24) is 9.80 Å². The molecule has 1 heterocycles. The quantitative estimate of drug-likeness (QED) is 0.594. The van der Waals surface area contributed by atoms with Gasteiger partial charge in [-0.05, 0) is 18.7 Å². The lowest BCUT2D eigenvalue weighted by Gasteiger charge is -2.34. The zero-order chi connectivity index (χ0) is 17.2. The molecular weight excluding hydrogens is 379 g/mol. The fraction of sp³-hybridized carbons (Fsp3) is 0.667. The number of halogens is 2. The predicted octanol–water partition coefficient (Wildman–Crippen LogP) is 1.93. The summed E-state index contributed by atoms with van der Waals surface area (Å²) in [5.41, 5.74) is 0. The van der Waals surface area contributed by atoms with Gasteiger partial charge in [0.15, 0.2) is 0 Å². The molecule has 1 N–H and O–H groups in total. The van der Waals surface area contributed by atoms with Crippen LogP contribution in [0.3, 0.4) is 0 Å². The van der Waals surface area contributed by atoms with Gasteiger partial charge in [0.25, 0.3) is 0 Å². The maximum atomic E-state index is 10.1. The molecule has 0 amide bonds.